The van der Waals surface area contributed by atoms with Crippen LogP contribution in [0.4, 0.5) is 0 Å². The zero-order valence-electron chi connectivity index (χ0n) is 30.2. The van der Waals surface area contributed by atoms with Crippen LogP contribution in [0.25, 0.3) is 32.8 Å². The number of carboxylic acids is 1. The van der Waals surface area contributed by atoms with E-state index >= 15 is 0 Å². The lowest BCUT2D eigenvalue weighted by atomic mass is 9.86. The van der Waals surface area contributed by atoms with E-state index in [1.807, 2.05) is 79.8 Å². The van der Waals surface area contributed by atoms with Crippen LogP contribution in [-0.2, 0) is 48.8 Å². The lowest BCUT2D eigenvalue weighted by molar-refractivity contribution is -0.0679. The summed E-state index contributed by atoms with van der Waals surface area (Å²) < 4.78 is 27.5. The number of benzene rings is 4. The summed E-state index contributed by atoms with van der Waals surface area (Å²) in [5.41, 5.74) is 4.93. The molecular formula is C43H45N3O7. The van der Waals surface area contributed by atoms with Crippen molar-refractivity contribution in [3.63, 3.8) is 0 Å². The highest BCUT2D eigenvalue weighted by Gasteiger charge is 2.32. The number of rotatable bonds is 15. The minimum Gasteiger partial charge on any atom is -0.493 e. The predicted molar refractivity (Wildman–Crippen MR) is 204 cm³/mol. The monoisotopic (exact) mass is 715 g/mol. The molecule has 0 saturated carbocycles. The van der Waals surface area contributed by atoms with Crippen molar-refractivity contribution in [1.29, 1.82) is 0 Å². The van der Waals surface area contributed by atoms with Crippen molar-refractivity contribution >= 4 is 27.6 Å². The second-order valence-corrected chi connectivity index (χ2v) is 13.5. The molecule has 0 unspecified atom stereocenters. The van der Waals surface area contributed by atoms with E-state index in [-0.39, 0.29) is 18.9 Å². The van der Waals surface area contributed by atoms with E-state index in [0.29, 0.717) is 63.6 Å². The van der Waals surface area contributed by atoms with Gasteiger partial charge in [-0.15, -0.1) is 6.58 Å². The number of fused-ring (bicyclic) bond motifs is 2. The first-order valence-electron chi connectivity index (χ1n) is 18.0. The van der Waals surface area contributed by atoms with Crippen LogP contribution in [0.1, 0.15) is 52.3 Å². The maximum absolute atomic E-state index is 12.8. The molecule has 0 radical (unpaired) electrons. The SMILES string of the molecule is C=CCOCc1c(-c2cccc3c(CCCOc4cccc5ccccc45)c(C(=O)O)n(C)c23)c(COc2ccc(C3(O)CCOCC3)cc2)nn1C. The van der Waals surface area contributed by atoms with E-state index in [1.165, 1.54) is 0 Å². The van der Waals surface area contributed by atoms with Gasteiger partial charge in [0.05, 0.1) is 36.6 Å². The number of carbonyl (C=O) groups is 1. The predicted octanol–water partition coefficient (Wildman–Crippen LogP) is 7.72. The maximum Gasteiger partial charge on any atom is 0.352 e. The molecule has 3 heterocycles. The highest BCUT2D eigenvalue weighted by molar-refractivity contribution is 6.04. The minimum atomic E-state index is -0.988. The Labute approximate surface area is 308 Å². The molecule has 1 saturated heterocycles. The summed E-state index contributed by atoms with van der Waals surface area (Å²) in [6, 6.07) is 27.6. The topological polar surface area (TPSA) is 117 Å². The first kappa shape index (κ1) is 36.0. The molecule has 4 aromatic carbocycles. The van der Waals surface area contributed by atoms with Crippen molar-refractivity contribution in [2.45, 2.75) is 44.5 Å². The second kappa shape index (κ2) is 15.7. The number of hydrogen-bond acceptors (Lipinski definition) is 7. The Balaban J connectivity index is 1.19. The third-order valence-electron chi connectivity index (χ3n) is 10.2. The number of aromatic carboxylic acids is 1. The van der Waals surface area contributed by atoms with Crippen LogP contribution in [0, 0.1) is 0 Å². The lowest BCUT2D eigenvalue weighted by Crippen LogP contribution is -2.33. The molecule has 53 heavy (non-hydrogen) atoms. The Bertz CT molecular complexity index is 2240. The smallest absolute Gasteiger partial charge is 0.352 e. The average Bonchev–Trinajstić information content (AvgIpc) is 3.65. The zero-order chi connectivity index (χ0) is 37.0. The number of carboxylic acid groups (broad SMARTS) is 1. The van der Waals surface area contributed by atoms with Gasteiger partial charge in [0.15, 0.2) is 0 Å². The lowest BCUT2D eigenvalue weighted by Gasteiger charge is -2.32. The number of nitrogens with zero attached hydrogens (tertiary/aromatic N) is 3. The number of aliphatic hydroxyl groups is 1. The number of hydrogen-bond donors (Lipinski definition) is 2. The van der Waals surface area contributed by atoms with Gasteiger partial charge >= 0.3 is 5.97 Å². The molecule has 1 aliphatic heterocycles. The van der Waals surface area contributed by atoms with E-state index in [0.717, 1.165) is 55.4 Å². The van der Waals surface area contributed by atoms with E-state index < -0.39 is 11.6 Å². The van der Waals surface area contributed by atoms with E-state index in [1.54, 1.807) is 22.4 Å². The highest BCUT2D eigenvalue weighted by atomic mass is 16.5. The fourth-order valence-corrected chi connectivity index (χ4v) is 7.52. The Morgan fingerprint density at radius 3 is 2.45 bits per heavy atom. The summed E-state index contributed by atoms with van der Waals surface area (Å²) in [5, 5.41) is 29.5. The molecule has 0 spiro atoms. The van der Waals surface area contributed by atoms with Gasteiger partial charge in [-0.25, -0.2) is 4.79 Å². The van der Waals surface area contributed by atoms with Crippen molar-refractivity contribution in [3.05, 3.63) is 126 Å². The van der Waals surface area contributed by atoms with Gasteiger partial charge in [0, 0.05) is 62.1 Å². The van der Waals surface area contributed by atoms with Crippen LogP contribution in [-0.4, -0.2) is 57.0 Å². The van der Waals surface area contributed by atoms with Crippen LogP contribution in [0.3, 0.4) is 0 Å². The van der Waals surface area contributed by atoms with Gasteiger partial charge < -0.3 is 33.7 Å². The van der Waals surface area contributed by atoms with Crippen LogP contribution in [0.5, 0.6) is 11.5 Å². The molecule has 10 nitrogen and oxygen atoms in total. The molecule has 1 fully saturated rings. The summed E-state index contributed by atoms with van der Waals surface area (Å²) in [7, 11) is 3.68. The quantitative estimate of drug-likeness (QED) is 0.0820. The summed E-state index contributed by atoms with van der Waals surface area (Å²) in [5.74, 6) is 0.466. The average molecular weight is 716 g/mol. The third kappa shape index (κ3) is 7.30. The Hall–Kier alpha value is -5.42. The molecule has 1 aliphatic rings. The van der Waals surface area contributed by atoms with Gasteiger partial charge in [0.1, 0.15) is 29.5 Å². The Morgan fingerprint density at radius 2 is 1.68 bits per heavy atom. The molecule has 0 bridgehead atoms. The van der Waals surface area contributed by atoms with E-state index in [2.05, 4.69) is 18.7 Å². The molecule has 274 valence electrons. The fourth-order valence-electron chi connectivity index (χ4n) is 7.52. The molecule has 6 aromatic rings. The normalized spacial score (nSPS) is 14.1. The van der Waals surface area contributed by atoms with Gasteiger partial charge in [0.2, 0.25) is 0 Å². The largest absolute Gasteiger partial charge is 0.493 e. The van der Waals surface area contributed by atoms with Crippen LogP contribution in [0.2, 0.25) is 0 Å². The molecular weight excluding hydrogens is 670 g/mol. The van der Waals surface area contributed by atoms with Crippen LogP contribution < -0.4 is 9.47 Å². The summed E-state index contributed by atoms with van der Waals surface area (Å²) >= 11 is 0. The number of para-hydroxylation sites is 1. The number of aryl methyl sites for hydroxylation is 3. The Kier molecular flexibility index (Phi) is 10.6. The van der Waals surface area contributed by atoms with Gasteiger partial charge in [-0.1, -0.05) is 72.8 Å². The van der Waals surface area contributed by atoms with Crippen molar-refractivity contribution in [3.8, 4) is 22.6 Å². The Morgan fingerprint density at radius 1 is 0.943 bits per heavy atom. The molecule has 10 heteroatoms. The second-order valence-electron chi connectivity index (χ2n) is 13.5. The first-order valence-corrected chi connectivity index (χ1v) is 18.0. The standard InChI is InChI=1S/C43H45N3O7/c1-4-23-51-28-37-39(36(44-46(37)3)27-53-31-19-17-30(18-20-31)43(49)21-25-50-26-22-43)35-14-8-13-33-34(41(42(47)48)45(2)40(33)35)15-9-24-52-38-16-7-11-29-10-5-6-12-32(29)38/h4-8,10-14,16-20,49H,1,9,15,21-28H2,2-3H3,(H,47,48). The third-order valence-corrected chi connectivity index (χ3v) is 10.2. The molecule has 7 rings (SSSR count). The number of aromatic nitrogens is 3. The summed E-state index contributed by atoms with van der Waals surface area (Å²) in [4.78, 5) is 12.8. The maximum atomic E-state index is 12.8. The van der Waals surface area contributed by atoms with Gasteiger partial charge in [-0.3, -0.25) is 4.68 Å². The van der Waals surface area contributed by atoms with Gasteiger partial charge in [0.25, 0.3) is 0 Å². The zero-order valence-corrected chi connectivity index (χ0v) is 30.2. The van der Waals surface area contributed by atoms with E-state index in [9.17, 15) is 15.0 Å². The van der Waals surface area contributed by atoms with Crippen molar-refractivity contribution in [2.75, 3.05) is 26.4 Å². The van der Waals surface area contributed by atoms with E-state index in [4.69, 9.17) is 24.0 Å². The van der Waals surface area contributed by atoms with Gasteiger partial charge in [-0.2, -0.15) is 5.10 Å². The van der Waals surface area contributed by atoms with Crippen molar-refractivity contribution in [2.24, 2.45) is 14.1 Å². The minimum absolute atomic E-state index is 0.160. The summed E-state index contributed by atoms with van der Waals surface area (Å²) in [6.45, 7) is 6.08. The molecule has 2 N–H and O–H groups in total. The molecule has 2 aromatic heterocycles. The molecule has 0 aliphatic carbocycles. The fraction of sp³-hybridized carbons (Fsp3) is 0.302. The summed E-state index contributed by atoms with van der Waals surface area (Å²) in [6.07, 6.45) is 3.95. The van der Waals surface area contributed by atoms with Crippen molar-refractivity contribution in [1.82, 2.24) is 14.3 Å². The van der Waals surface area contributed by atoms with Gasteiger partial charge in [-0.05, 0) is 47.6 Å². The van der Waals surface area contributed by atoms with Crippen LogP contribution >= 0.6 is 0 Å². The number of ether oxygens (including phenoxy) is 4. The first-order chi connectivity index (χ1) is 25.8. The molecule has 0 atom stereocenters. The molecule has 0 amide bonds. The highest BCUT2D eigenvalue weighted by Crippen LogP contribution is 2.39. The van der Waals surface area contributed by atoms with Crippen LogP contribution in [0.15, 0.2) is 97.6 Å². The van der Waals surface area contributed by atoms with Crippen molar-refractivity contribution < 1.29 is 34.0 Å².